The summed E-state index contributed by atoms with van der Waals surface area (Å²) in [5.41, 5.74) is 0.308. The molecule has 2 aliphatic rings. The first-order valence-corrected chi connectivity index (χ1v) is 11.0. The summed E-state index contributed by atoms with van der Waals surface area (Å²) in [6.45, 7) is -2.53. The third-order valence-electron chi connectivity index (χ3n) is 6.47. The molecular weight excluding hydrogens is 393 g/mol. The van der Waals surface area contributed by atoms with Crippen molar-refractivity contribution in [1.82, 2.24) is 9.55 Å². The van der Waals surface area contributed by atoms with Gasteiger partial charge in [-0.2, -0.15) is 0 Å². The van der Waals surface area contributed by atoms with E-state index < -0.39 is 25.4 Å². The third kappa shape index (κ3) is 4.41. The van der Waals surface area contributed by atoms with Crippen LogP contribution in [-0.4, -0.2) is 39.4 Å². The van der Waals surface area contributed by atoms with Gasteiger partial charge in [0.15, 0.2) is 0 Å². The van der Waals surface area contributed by atoms with E-state index in [1.165, 1.54) is 6.42 Å². The number of fused-ring (bicyclic) bond motifs is 1. The number of carbonyl (C=O) groups excluding carboxylic acids is 1. The van der Waals surface area contributed by atoms with Crippen LogP contribution < -0.4 is 0 Å². The number of rotatable bonds is 11. The molecule has 1 aromatic heterocycles. The molecule has 0 saturated heterocycles. The van der Waals surface area contributed by atoms with E-state index in [0.29, 0.717) is 36.7 Å². The second-order valence-electron chi connectivity index (χ2n) is 9.03. The van der Waals surface area contributed by atoms with Crippen LogP contribution in [0.4, 0.5) is 13.2 Å². The van der Waals surface area contributed by atoms with Crippen LogP contribution in [0.5, 0.6) is 0 Å². The van der Waals surface area contributed by atoms with Gasteiger partial charge in [0, 0.05) is 31.4 Å². The molecule has 2 saturated carbocycles. The minimum Gasteiger partial charge on any atom is -0.384 e. The number of aryl methyl sites for hydroxylation is 1. The summed E-state index contributed by atoms with van der Waals surface area (Å²) < 4.78 is 42.1. The van der Waals surface area contributed by atoms with Gasteiger partial charge in [-0.1, -0.05) is 0 Å². The van der Waals surface area contributed by atoms with Crippen LogP contribution in [0.3, 0.4) is 0 Å². The van der Waals surface area contributed by atoms with Gasteiger partial charge in [-0.3, -0.25) is 4.79 Å². The number of imidazole rings is 1. The minimum absolute atomic E-state index is 0.173. The Morgan fingerprint density at radius 3 is 2.50 bits per heavy atom. The normalized spacial score (nSPS) is 17.5. The Morgan fingerprint density at radius 1 is 1.17 bits per heavy atom. The molecule has 2 aliphatic carbocycles. The number of nitrogens with zero attached hydrogens (tertiary/aromatic N) is 2. The number of hydrogen-bond acceptors (Lipinski definition) is 3. The van der Waals surface area contributed by atoms with Crippen LogP contribution in [0, 0.1) is 5.82 Å². The zero-order valence-electron chi connectivity index (χ0n) is 17.2. The fourth-order valence-corrected chi connectivity index (χ4v) is 4.31. The van der Waals surface area contributed by atoms with Crippen molar-refractivity contribution in [3.8, 4) is 0 Å². The number of halogens is 3. The number of ketones is 1. The van der Waals surface area contributed by atoms with Crippen LogP contribution in [0.15, 0.2) is 12.1 Å². The molecule has 0 unspecified atom stereocenters. The predicted octanol–water partition coefficient (Wildman–Crippen LogP) is 5.12. The zero-order chi connectivity index (χ0) is 21.3. The molecule has 0 bridgehead atoms. The van der Waals surface area contributed by atoms with E-state index in [9.17, 15) is 23.1 Å². The minimum atomic E-state index is -2.18. The van der Waals surface area contributed by atoms with Gasteiger partial charge in [0.1, 0.15) is 36.4 Å². The lowest BCUT2D eigenvalue weighted by Gasteiger charge is -2.29. The van der Waals surface area contributed by atoms with E-state index in [2.05, 4.69) is 4.57 Å². The van der Waals surface area contributed by atoms with Crippen molar-refractivity contribution in [2.24, 2.45) is 0 Å². The first-order valence-electron chi connectivity index (χ1n) is 11.0. The van der Waals surface area contributed by atoms with Crippen molar-refractivity contribution in [3.63, 3.8) is 0 Å². The fourth-order valence-electron chi connectivity index (χ4n) is 4.31. The molecule has 0 aliphatic heterocycles. The van der Waals surface area contributed by atoms with Crippen molar-refractivity contribution in [1.29, 1.82) is 0 Å². The Balaban J connectivity index is 1.43. The maximum absolute atomic E-state index is 14.5. The topological polar surface area (TPSA) is 55.1 Å². The van der Waals surface area contributed by atoms with Crippen molar-refractivity contribution in [2.75, 3.05) is 13.3 Å². The molecule has 1 heterocycles. The monoisotopic (exact) mass is 422 g/mol. The molecule has 30 heavy (non-hydrogen) atoms. The molecular formula is C23H29F3N2O2. The average molecular weight is 422 g/mol. The lowest BCUT2D eigenvalue weighted by Crippen LogP contribution is -2.36. The highest BCUT2D eigenvalue weighted by Gasteiger charge is 2.31. The van der Waals surface area contributed by atoms with E-state index in [1.807, 2.05) is 6.07 Å². The van der Waals surface area contributed by atoms with Crippen LogP contribution >= 0.6 is 0 Å². The third-order valence-corrected chi connectivity index (χ3v) is 6.47. The number of aliphatic hydroxyl groups is 1. The SMILES string of the molecule is O=C(CCCCc1nc2cc(F)c(C3CC3)cc2n1C1CCC1)CC(O)(CF)CF. The molecule has 7 heteroatoms. The number of alkyl halides is 2. The van der Waals surface area contributed by atoms with E-state index in [4.69, 9.17) is 4.98 Å². The van der Waals surface area contributed by atoms with Gasteiger partial charge in [0.2, 0.25) is 0 Å². The van der Waals surface area contributed by atoms with Crippen molar-refractivity contribution in [2.45, 2.75) is 81.8 Å². The smallest absolute Gasteiger partial charge is 0.135 e. The Bertz CT molecular complexity index is 915. The standard InChI is InChI=1S/C23H29F3N2O2/c24-13-23(30,14-25)12-17(29)6-1-2-7-22-27-20-11-19(26)18(15-8-9-15)10-21(20)28(22)16-4-3-5-16/h10-11,15-16,30H,1-9,12-14H2. The average Bonchev–Trinajstić information content (AvgIpc) is 3.47. The predicted molar refractivity (Wildman–Crippen MR) is 109 cm³/mol. The van der Waals surface area contributed by atoms with Crippen LogP contribution in [0.2, 0.25) is 0 Å². The first-order chi connectivity index (χ1) is 14.4. The molecule has 4 nitrogen and oxygen atoms in total. The van der Waals surface area contributed by atoms with Gasteiger partial charge < -0.3 is 9.67 Å². The number of benzene rings is 1. The number of aromatic nitrogens is 2. The molecule has 0 atom stereocenters. The van der Waals surface area contributed by atoms with Crippen LogP contribution in [-0.2, 0) is 11.2 Å². The summed E-state index contributed by atoms with van der Waals surface area (Å²) in [6.07, 6.45) is 7.05. The summed E-state index contributed by atoms with van der Waals surface area (Å²) in [4.78, 5) is 16.6. The van der Waals surface area contributed by atoms with Gasteiger partial charge >= 0.3 is 0 Å². The summed E-state index contributed by atoms with van der Waals surface area (Å²) in [6, 6.07) is 3.93. The van der Waals surface area contributed by atoms with Gasteiger partial charge in [0.05, 0.1) is 11.0 Å². The van der Waals surface area contributed by atoms with Crippen molar-refractivity contribution in [3.05, 3.63) is 29.3 Å². The van der Waals surface area contributed by atoms with Gasteiger partial charge in [0.25, 0.3) is 0 Å². The Hall–Kier alpha value is -1.89. The second-order valence-corrected chi connectivity index (χ2v) is 9.03. The largest absolute Gasteiger partial charge is 0.384 e. The Kier molecular flexibility index (Phi) is 6.19. The molecule has 0 spiro atoms. The summed E-state index contributed by atoms with van der Waals surface area (Å²) in [5, 5.41) is 9.62. The van der Waals surface area contributed by atoms with Gasteiger partial charge in [-0.15, -0.1) is 0 Å². The van der Waals surface area contributed by atoms with E-state index in [1.54, 1.807) is 6.07 Å². The highest BCUT2D eigenvalue weighted by Crippen LogP contribution is 2.43. The maximum Gasteiger partial charge on any atom is 0.135 e. The van der Waals surface area contributed by atoms with Crippen molar-refractivity contribution >= 4 is 16.8 Å². The van der Waals surface area contributed by atoms with Crippen LogP contribution in [0.1, 0.15) is 81.1 Å². The highest BCUT2D eigenvalue weighted by molar-refractivity contribution is 5.79. The molecule has 0 amide bonds. The van der Waals surface area contributed by atoms with Gasteiger partial charge in [-0.25, -0.2) is 18.2 Å². The van der Waals surface area contributed by atoms with Crippen molar-refractivity contribution < 1.29 is 23.1 Å². The zero-order valence-corrected chi connectivity index (χ0v) is 17.2. The fraction of sp³-hybridized carbons (Fsp3) is 0.652. The maximum atomic E-state index is 14.5. The molecule has 0 radical (unpaired) electrons. The highest BCUT2D eigenvalue weighted by atomic mass is 19.1. The van der Waals surface area contributed by atoms with Gasteiger partial charge in [-0.05, 0) is 62.5 Å². The molecule has 4 rings (SSSR count). The van der Waals surface area contributed by atoms with E-state index >= 15 is 0 Å². The van der Waals surface area contributed by atoms with E-state index in [0.717, 1.165) is 42.6 Å². The molecule has 164 valence electrons. The molecule has 1 N–H and O–H groups in total. The molecule has 1 aromatic carbocycles. The number of unbranched alkanes of at least 4 members (excludes halogenated alkanes) is 1. The second kappa shape index (κ2) is 8.69. The Labute approximate surface area is 174 Å². The van der Waals surface area contributed by atoms with E-state index in [-0.39, 0.29) is 18.0 Å². The van der Waals surface area contributed by atoms with Crippen LogP contribution in [0.25, 0.3) is 11.0 Å². The molecule has 2 aromatic rings. The molecule has 2 fully saturated rings. The number of carbonyl (C=O) groups is 1. The first kappa shape index (κ1) is 21.3. The quantitative estimate of drug-likeness (QED) is 0.512. The number of Topliss-reactive ketones (excluding diaryl/α,β-unsaturated/α-hetero) is 1. The summed E-state index contributed by atoms with van der Waals surface area (Å²) >= 11 is 0. The lowest BCUT2D eigenvalue weighted by molar-refractivity contribution is -0.125. The summed E-state index contributed by atoms with van der Waals surface area (Å²) in [5.74, 6) is 0.740. The lowest BCUT2D eigenvalue weighted by atomic mass is 9.92. The summed E-state index contributed by atoms with van der Waals surface area (Å²) in [7, 11) is 0. The number of hydrogen-bond donors (Lipinski definition) is 1. The Morgan fingerprint density at radius 2 is 1.90 bits per heavy atom.